The molecule has 88 valence electrons. The number of hydrogen-bond donors (Lipinski definition) is 1. The van der Waals surface area contributed by atoms with Gasteiger partial charge in [0.2, 0.25) is 0 Å². The summed E-state index contributed by atoms with van der Waals surface area (Å²) >= 11 is 1.86. The maximum atomic E-state index is 4.53. The zero-order valence-corrected chi connectivity index (χ0v) is 11.1. The van der Waals surface area contributed by atoms with Crippen molar-refractivity contribution >= 4 is 11.8 Å². The number of hydrogen-bond acceptors (Lipinski definition) is 3. The second kappa shape index (κ2) is 4.76. The van der Waals surface area contributed by atoms with E-state index in [9.17, 15) is 0 Å². The Hall–Kier alpha value is -0.540. The van der Waals surface area contributed by atoms with Crippen LogP contribution in [-0.4, -0.2) is 16.3 Å². The van der Waals surface area contributed by atoms with E-state index in [1.807, 2.05) is 24.0 Å². The van der Waals surface area contributed by atoms with Crippen LogP contribution in [0.2, 0.25) is 0 Å². The molecule has 0 bridgehead atoms. The first-order valence-corrected chi connectivity index (χ1v) is 6.75. The first kappa shape index (κ1) is 11.9. The van der Waals surface area contributed by atoms with Gasteiger partial charge in [-0.2, -0.15) is 0 Å². The van der Waals surface area contributed by atoms with Gasteiger partial charge in [0, 0.05) is 22.5 Å². The molecular weight excluding hydrogens is 216 g/mol. The van der Waals surface area contributed by atoms with E-state index in [2.05, 4.69) is 37.1 Å². The smallest absolute Gasteiger partial charge is 0.101 e. The lowest BCUT2D eigenvalue weighted by molar-refractivity contribution is 0.628. The fourth-order valence-electron chi connectivity index (χ4n) is 1.99. The number of nitrogens with one attached hydrogen (secondary N) is 1. The lowest BCUT2D eigenvalue weighted by Gasteiger charge is -2.21. The monoisotopic (exact) mass is 236 g/mol. The molecule has 16 heavy (non-hydrogen) atoms. The molecule has 0 aromatic carbocycles. The molecule has 2 nitrogen and oxygen atoms in total. The molecule has 1 N–H and O–H groups in total. The quantitative estimate of drug-likeness (QED) is 0.797. The van der Waals surface area contributed by atoms with Crippen LogP contribution < -0.4 is 5.32 Å². The molecule has 1 aliphatic rings. The Labute approximate surface area is 102 Å². The third kappa shape index (κ3) is 2.98. The van der Waals surface area contributed by atoms with Gasteiger partial charge in [-0.05, 0) is 25.5 Å². The first-order valence-electron chi connectivity index (χ1n) is 5.93. The second-order valence-corrected chi connectivity index (χ2v) is 7.08. The van der Waals surface area contributed by atoms with E-state index in [-0.39, 0.29) is 4.75 Å². The summed E-state index contributed by atoms with van der Waals surface area (Å²) in [7, 11) is 0. The summed E-state index contributed by atoms with van der Waals surface area (Å²) in [5.74, 6) is 0. The van der Waals surface area contributed by atoms with Crippen molar-refractivity contribution in [2.75, 3.05) is 6.54 Å². The van der Waals surface area contributed by atoms with Crippen LogP contribution >= 0.6 is 11.8 Å². The van der Waals surface area contributed by atoms with Gasteiger partial charge in [-0.15, -0.1) is 11.8 Å². The fraction of sp³-hybridized carbons (Fsp3) is 0.615. The molecule has 1 aromatic rings. The van der Waals surface area contributed by atoms with Crippen LogP contribution in [0.15, 0.2) is 23.4 Å². The fourth-order valence-corrected chi connectivity index (χ4v) is 3.02. The highest BCUT2D eigenvalue weighted by molar-refractivity contribution is 8.00. The average Bonchev–Trinajstić information content (AvgIpc) is 2.69. The minimum absolute atomic E-state index is 0.224. The summed E-state index contributed by atoms with van der Waals surface area (Å²) in [6, 6.07) is 4.77. The third-order valence-electron chi connectivity index (χ3n) is 2.64. The standard InChI is InChI=1S/C13H20N2S/c1-13(2,3)16-12-10(6-4-9-15-12)11-7-5-8-14-11/h4,6,9,11,14H,5,7-8H2,1-3H3/t11-/m1/s1. The summed E-state index contributed by atoms with van der Waals surface area (Å²) in [6.45, 7) is 7.84. The molecule has 1 saturated heterocycles. The van der Waals surface area contributed by atoms with Crippen molar-refractivity contribution < 1.29 is 0 Å². The van der Waals surface area contributed by atoms with Crippen molar-refractivity contribution in [3.63, 3.8) is 0 Å². The normalized spacial score (nSPS) is 21.3. The van der Waals surface area contributed by atoms with Gasteiger partial charge < -0.3 is 5.32 Å². The zero-order valence-electron chi connectivity index (χ0n) is 10.3. The molecule has 0 unspecified atom stereocenters. The molecule has 0 amide bonds. The molecule has 0 radical (unpaired) electrons. The highest BCUT2D eigenvalue weighted by Gasteiger charge is 2.22. The van der Waals surface area contributed by atoms with Crippen LogP contribution in [0.4, 0.5) is 0 Å². The Bertz CT molecular complexity index is 351. The van der Waals surface area contributed by atoms with E-state index in [4.69, 9.17) is 0 Å². The Morgan fingerprint density at radius 2 is 2.25 bits per heavy atom. The van der Waals surface area contributed by atoms with Gasteiger partial charge in [0.05, 0.1) is 0 Å². The summed E-state index contributed by atoms with van der Waals surface area (Å²) < 4.78 is 0.224. The highest BCUT2D eigenvalue weighted by Crippen LogP contribution is 2.36. The van der Waals surface area contributed by atoms with Gasteiger partial charge >= 0.3 is 0 Å². The second-order valence-electron chi connectivity index (χ2n) is 5.26. The van der Waals surface area contributed by atoms with Crippen molar-refractivity contribution in [1.29, 1.82) is 0 Å². The van der Waals surface area contributed by atoms with E-state index in [0.717, 1.165) is 6.54 Å². The highest BCUT2D eigenvalue weighted by atomic mass is 32.2. The predicted octanol–water partition coefficient (Wildman–Crippen LogP) is 3.40. The number of rotatable bonds is 2. The molecule has 0 saturated carbocycles. The Kier molecular flexibility index (Phi) is 3.55. The van der Waals surface area contributed by atoms with Gasteiger partial charge in [-0.1, -0.05) is 26.8 Å². The lowest BCUT2D eigenvalue weighted by Crippen LogP contribution is -2.16. The number of pyridine rings is 1. The minimum atomic E-state index is 0.224. The Morgan fingerprint density at radius 1 is 1.44 bits per heavy atom. The van der Waals surface area contributed by atoms with Crippen molar-refractivity contribution in [3.8, 4) is 0 Å². The van der Waals surface area contributed by atoms with Crippen LogP contribution in [0.5, 0.6) is 0 Å². The van der Waals surface area contributed by atoms with Crippen molar-refractivity contribution in [2.45, 2.75) is 49.4 Å². The van der Waals surface area contributed by atoms with Crippen LogP contribution in [0.1, 0.15) is 45.2 Å². The van der Waals surface area contributed by atoms with Crippen molar-refractivity contribution in [1.82, 2.24) is 10.3 Å². The Balaban J connectivity index is 2.23. The van der Waals surface area contributed by atoms with E-state index < -0.39 is 0 Å². The maximum Gasteiger partial charge on any atom is 0.101 e. The maximum absolute atomic E-state index is 4.53. The molecule has 0 spiro atoms. The molecule has 1 aromatic heterocycles. The Morgan fingerprint density at radius 3 is 2.88 bits per heavy atom. The SMILES string of the molecule is CC(C)(C)Sc1ncccc1[C@H]1CCCN1. The molecule has 2 heterocycles. The number of thioether (sulfide) groups is 1. The molecule has 0 aliphatic carbocycles. The summed E-state index contributed by atoms with van der Waals surface area (Å²) in [5, 5.41) is 4.73. The van der Waals surface area contributed by atoms with Gasteiger partial charge in [0.1, 0.15) is 5.03 Å². The molecule has 3 heteroatoms. The zero-order chi connectivity index (χ0) is 11.6. The van der Waals surface area contributed by atoms with Gasteiger partial charge in [0.15, 0.2) is 0 Å². The molecule has 1 aliphatic heterocycles. The van der Waals surface area contributed by atoms with Crippen molar-refractivity contribution in [2.24, 2.45) is 0 Å². The van der Waals surface area contributed by atoms with E-state index >= 15 is 0 Å². The molecule has 2 rings (SSSR count). The topological polar surface area (TPSA) is 24.9 Å². The van der Waals surface area contributed by atoms with Crippen LogP contribution in [-0.2, 0) is 0 Å². The van der Waals surface area contributed by atoms with Crippen LogP contribution in [0.3, 0.4) is 0 Å². The van der Waals surface area contributed by atoms with Crippen LogP contribution in [0, 0.1) is 0 Å². The number of aromatic nitrogens is 1. The lowest BCUT2D eigenvalue weighted by atomic mass is 10.1. The van der Waals surface area contributed by atoms with E-state index in [0.29, 0.717) is 6.04 Å². The number of nitrogens with zero attached hydrogens (tertiary/aromatic N) is 1. The van der Waals surface area contributed by atoms with Gasteiger partial charge in [-0.25, -0.2) is 4.98 Å². The molecule has 1 fully saturated rings. The van der Waals surface area contributed by atoms with Gasteiger partial charge in [-0.3, -0.25) is 0 Å². The third-order valence-corrected chi connectivity index (χ3v) is 3.79. The summed E-state index contributed by atoms with van der Waals surface area (Å²) in [5.41, 5.74) is 1.37. The molecule has 1 atom stereocenters. The summed E-state index contributed by atoms with van der Waals surface area (Å²) in [4.78, 5) is 4.53. The predicted molar refractivity (Wildman–Crippen MR) is 69.8 cm³/mol. The summed E-state index contributed by atoms with van der Waals surface area (Å²) in [6.07, 6.45) is 4.41. The van der Waals surface area contributed by atoms with Crippen LogP contribution in [0.25, 0.3) is 0 Å². The minimum Gasteiger partial charge on any atom is -0.310 e. The largest absolute Gasteiger partial charge is 0.310 e. The van der Waals surface area contributed by atoms with Crippen molar-refractivity contribution in [3.05, 3.63) is 23.9 Å². The first-order chi connectivity index (χ1) is 7.56. The van der Waals surface area contributed by atoms with E-state index in [1.54, 1.807) is 0 Å². The molecular formula is C13H20N2S. The average molecular weight is 236 g/mol. The van der Waals surface area contributed by atoms with E-state index in [1.165, 1.54) is 23.4 Å². The van der Waals surface area contributed by atoms with Gasteiger partial charge in [0.25, 0.3) is 0 Å².